The molecule has 0 bridgehead atoms. The molecule has 0 aliphatic carbocycles. The maximum Gasteiger partial charge on any atom is 0.225 e. The second-order valence-corrected chi connectivity index (χ2v) is 5.51. The summed E-state index contributed by atoms with van der Waals surface area (Å²) >= 11 is 17.2. The molecule has 16 heavy (non-hydrogen) atoms. The molecule has 1 aromatic rings. The summed E-state index contributed by atoms with van der Waals surface area (Å²) in [5.41, 5.74) is 0.472. The molecule has 0 atom stereocenters. The Kier molecular flexibility index (Phi) is 4.84. The minimum absolute atomic E-state index is 0.100. The van der Waals surface area contributed by atoms with E-state index in [0.29, 0.717) is 17.8 Å². The van der Waals surface area contributed by atoms with E-state index in [-0.39, 0.29) is 5.91 Å². The Hall–Kier alpha value is -0.510. The maximum atomic E-state index is 11.3. The standard InChI is InChI=1S/C10H11Cl3N2O/c1-2-3-9(16)15-8-6-7(4-5-14-8)10(11,12)13/h4-6H,2-3H2,1H3,(H,14,15,16). The van der Waals surface area contributed by atoms with Gasteiger partial charge in [0.15, 0.2) is 0 Å². The molecule has 1 N–H and O–H groups in total. The zero-order valence-corrected chi connectivity index (χ0v) is 10.9. The molecule has 0 aromatic carbocycles. The van der Waals surface area contributed by atoms with E-state index < -0.39 is 3.79 Å². The van der Waals surface area contributed by atoms with E-state index in [1.54, 1.807) is 12.1 Å². The van der Waals surface area contributed by atoms with Gasteiger partial charge in [-0.3, -0.25) is 4.79 Å². The molecule has 1 aromatic heterocycles. The second-order valence-electron chi connectivity index (χ2n) is 3.23. The van der Waals surface area contributed by atoms with Crippen LogP contribution in [0.3, 0.4) is 0 Å². The summed E-state index contributed by atoms with van der Waals surface area (Å²) in [6.07, 6.45) is 2.70. The Morgan fingerprint density at radius 3 is 2.75 bits per heavy atom. The smallest absolute Gasteiger partial charge is 0.225 e. The summed E-state index contributed by atoms with van der Waals surface area (Å²) in [5, 5.41) is 2.63. The van der Waals surface area contributed by atoms with E-state index in [2.05, 4.69) is 10.3 Å². The summed E-state index contributed by atoms with van der Waals surface area (Å²) in [6, 6.07) is 3.13. The van der Waals surface area contributed by atoms with Crippen LogP contribution in [-0.4, -0.2) is 10.9 Å². The number of nitrogens with zero attached hydrogens (tertiary/aromatic N) is 1. The minimum atomic E-state index is -1.51. The van der Waals surface area contributed by atoms with Crippen LogP contribution in [0.2, 0.25) is 0 Å². The monoisotopic (exact) mass is 280 g/mol. The number of carbonyl (C=O) groups excluding carboxylic acids is 1. The molecule has 0 unspecified atom stereocenters. The Labute approximate surface area is 109 Å². The summed E-state index contributed by atoms with van der Waals surface area (Å²) < 4.78 is -1.51. The zero-order valence-electron chi connectivity index (χ0n) is 8.64. The summed E-state index contributed by atoms with van der Waals surface area (Å²) in [5.74, 6) is 0.291. The highest BCUT2D eigenvalue weighted by Crippen LogP contribution is 2.38. The third kappa shape index (κ3) is 4.16. The normalized spacial score (nSPS) is 11.2. The van der Waals surface area contributed by atoms with Crippen LogP contribution in [0.1, 0.15) is 25.3 Å². The Bertz CT molecular complexity index is 377. The fourth-order valence-electron chi connectivity index (χ4n) is 1.11. The molecule has 0 saturated heterocycles. The topological polar surface area (TPSA) is 42.0 Å². The second kappa shape index (κ2) is 5.71. The van der Waals surface area contributed by atoms with E-state index in [1.807, 2.05) is 6.92 Å². The van der Waals surface area contributed by atoms with E-state index in [1.165, 1.54) is 6.20 Å². The molecule has 0 fully saturated rings. The van der Waals surface area contributed by atoms with Gasteiger partial charge in [-0.05, 0) is 18.6 Å². The quantitative estimate of drug-likeness (QED) is 0.859. The van der Waals surface area contributed by atoms with Gasteiger partial charge in [-0.15, -0.1) is 0 Å². The zero-order chi connectivity index (χ0) is 12.2. The van der Waals surface area contributed by atoms with Crippen LogP contribution in [0.25, 0.3) is 0 Å². The van der Waals surface area contributed by atoms with E-state index >= 15 is 0 Å². The molecule has 1 heterocycles. The number of hydrogen-bond acceptors (Lipinski definition) is 2. The maximum absolute atomic E-state index is 11.3. The van der Waals surface area contributed by atoms with Crippen molar-refractivity contribution in [3.8, 4) is 0 Å². The van der Waals surface area contributed by atoms with E-state index in [4.69, 9.17) is 34.8 Å². The predicted octanol–water partition coefficient (Wildman–Crippen LogP) is 3.65. The van der Waals surface area contributed by atoms with Crippen LogP contribution in [0, 0.1) is 0 Å². The number of amides is 1. The number of pyridine rings is 1. The third-order valence-corrected chi connectivity index (χ3v) is 2.49. The van der Waals surface area contributed by atoms with Crippen molar-refractivity contribution in [3.63, 3.8) is 0 Å². The minimum Gasteiger partial charge on any atom is -0.311 e. The lowest BCUT2D eigenvalue weighted by molar-refractivity contribution is -0.116. The first-order chi connectivity index (χ1) is 7.43. The number of halogens is 3. The first kappa shape index (κ1) is 13.6. The highest BCUT2D eigenvalue weighted by atomic mass is 35.6. The van der Waals surface area contributed by atoms with Crippen molar-refractivity contribution in [3.05, 3.63) is 23.9 Å². The molecule has 88 valence electrons. The summed E-state index contributed by atoms with van der Waals surface area (Å²) in [4.78, 5) is 15.3. The van der Waals surface area contributed by atoms with Gasteiger partial charge >= 0.3 is 0 Å². The van der Waals surface area contributed by atoms with Crippen molar-refractivity contribution in [1.82, 2.24) is 4.98 Å². The molecular weight excluding hydrogens is 270 g/mol. The fourth-order valence-corrected chi connectivity index (χ4v) is 1.46. The Morgan fingerprint density at radius 2 is 2.19 bits per heavy atom. The lowest BCUT2D eigenvalue weighted by atomic mass is 10.3. The van der Waals surface area contributed by atoms with Gasteiger partial charge in [-0.2, -0.15) is 0 Å². The lowest BCUT2D eigenvalue weighted by Gasteiger charge is -2.12. The van der Waals surface area contributed by atoms with Crippen LogP contribution in [0.15, 0.2) is 18.3 Å². The lowest BCUT2D eigenvalue weighted by Crippen LogP contribution is -2.12. The largest absolute Gasteiger partial charge is 0.311 e. The molecule has 0 spiro atoms. The van der Waals surface area contributed by atoms with Crippen LogP contribution >= 0.6 is 34.8 Å². The average molecular weight is 282 g/mol. The van der Waals surface area contributed by atoms with Gasteiger partial charge in [0, 0.05) is 18.2 Å². The first-order valence-electron chi connectivity index (χ1n) is 4.76. The third-order valence-electron chi connectivity index (χ3n) is 1.83. The molecule has 3 nitrogen and oxygen atoms in total. The van der Waals surface area contributed by atoms with Crippen LogP contribution < -0.4 is 5.32 Å². The molecular formula is C10H11Cl3N2O. The van der Waals surface area contributed by atoms with Crippen molar-refractivity contribution in [2.45, 2.75) is 23.6 Å². The highest BCUT2D eigenvalue weighted by Gasteiger charge is 2.23. The molecule has 0 radical (unpaired) electrons. The Balaban J connectivity index is 2.79. The fraction of sp³-hybridized carbons (Fsp3) is 0.400. The predicted molar refractivity (Wildman–Crippen MR) is 67.0 cm³/mol. The number of rotatable bonds is 3. The first-order valence-corrected chi connectivity index (χ1v) is 5.90. The summed E-state index contributed by atoms with van der Waals surface area (Å²) in [6.45, 7) is 1.92. The molecule has 6 heteroatoms. The number of aromatic nitrogens is 1. The van der Waals surface area contributed by atoms with E-state index in [9.17, 15) is 4.79 Å². The van der Waals surface area contributed by atoms with Gasteiger partial charge in [0.1, 0.15) is 5.82 Å². The molecule has 0 saturated carbocycles. The number of hydrogen-bond donors (Lipinski definition) is 1. The molecule has 1 rings (SSSR count). The van der Waals surface area contributed by atoms with Crippen LogP contribution in [-0.2, 0) is 8.59 Å². The van der Waals surface area contributed by atoms with Crippen molar-refractivity contribution in [1.29, 1.82) is 0 Å². The van der Waals surface area contributed by atoms with E-state index in [0.717, 1.165) is 6.42 Å². The van der Waals surface area contributed by atoms with Crippen molar-refractivity contribution < 1.29 is 4.79 Å². The summed E-state index contributed by atoms with van der Waals surface area (Å²) in [7, 11) is 0. The Morgan fingerprint density at radius 1 is 1.50 bits per heavy atom. The number of alkyl halides is 3. The molecule has 0 aliphatic rings. The van der Waals surface area contributed by atoms with Crippen LogP contribution in [0.5, 0.6) is 0 Å². The van der Waals surface area contributed by atoms with Gasteiger partial charge in [-0.1, -0.05) is 41.7 Å². The van der Waals surface area contributed by atoms with Gasteiger partial charge in [0.05, 0.1) is 0 Å². The molecule has 1 amide bonds. The van der Waals surface area contributed by atoms with Gasteiger partial charge < -0.3 is 5.32 Å². The average Bonchev–Trinajstić information content (AvgIpc) is 2.17. The van der Waals surface area contributed by atoms with Crippen LogP contribution in [0.4, 0.5) is 5.82 Å². The number of nitrogens with one attached hydrogen (secondary N) is 1. The molecule has 0 aliphatic heterocycles. The van der Waals surface area contributed by atoms with Crippen molar-refractivity contribution in [2.75, 3.05) is 5.32 Å². The number of carbonyl (C=O) groups is 1. The van der Waals surface area contributed by atoms with Crippen molar-refractivity contribution >= 4 is 46.5 Å². The SMILES string of the molecule is CCCC(=O)Nc1cc(C(Cl)(Cl)Cl)ccn1. The van der Waals surface area contributed by atoms with Gasteiger partial charge in [-0.25, -0.2) is 4.98 Å². The number of anilines is 1. The van der Waals surface area contributed by atoms with Gasteiger partial charge in [0.25, 0.3) is 0 Å². The highest BCUT2D eigenvalue weighted by molar-refractivity contribution is 6.66. The van der Waals surface area contributed by atoms with Gasteiger partial charge in [0.2, 0.25) is 9.70 Å². The van der Waals surface area contributed by atoms with Crippen molar-refractivity contribution in [2.24, 2.45) is 0 Å².